The summed E-state index contributed by atoms with van der Waals surface area (Å²) in [7, 11) is 3.68. The Labute approximate surface area is 254 Å². The number of likely N-dealkylation sites (N-methyl/N-ethyl adjacent to an activating group) is 1. The number of halogens is 1. The molecule has 0 spiro atoms. The summed E-state index contributed by atoms with van der Waals surface area (Å²) in [5.41, 5.74) is 11.9. The average molecular weight is 576 g/mol. The fraction of sp³-hybridized carbons (Fsp3) is 0.243. The van der Waals surface area contributed by atoms with Gasteiger partial charge in [-0.2, -0.15) is 0 Å². The lowest BCUT2D eigenvalue weighted by molar-refractivity contribution is 0.297. The lowest BCUT2D eigenvalue weighted by Gasteiger charge is -2.17. The van der Waals surface area contributed by atoms with Gasteiger partial charge in [-0.15, -0.1) is 0 Å². The molecule has 5 rings (SSSR count). The first-order valence-electron chi connectivity index (χ1n) is 14.6. The molecule has 0 bridgehead atoms. The quantitative estimate of drug-likeness (QED) is 0.306. The molecule has 1 aliphatic heterocycles. The van der Waals surface area contributed by atoms with Gasteiger partial charge in [0.15, 0.2) is 0 Å². The van der Waals surface area contributed by atoms with Crippen LogP contribution < -0.4 is 5.32 Å². The molecule has 0 radical (unpaired) electrons. The minimum Gasteiger partial charge on any atom is -0.497 e. The summed E-state index contributed by atoms with van der Waals surface area (Å²) in [6.07, 6.45) is 18.5. The Balaban J connectivity index is 1.50. The van der Waals surface area contributed by atoms with E-state index in [0.29, 0.717) is 0 Å². The Bertz CT molecular complexity index is 1660. The Morgan fingerprint density at radius 1 is 0.905 bits per heavy atom. The molecule has 0 fully saturated rings. The van der Waals surface area contributed by atoms with Crippen LogP contribution in [0.25, 0.3) is 22.8 Å². The van der Waals surface area contributed by atoms with Crippen molar-refractivity contribution in [2.45, 2.75) is 39.5 Å². The van der Waals surface area contributed by atoms with Crippen molar-refractivity contribution in [2.24, 2.45) is 4.99 Å². The number of fused-ring (bicyclic) bond motifs is 1. The van der Waals surface area contributed by atoms with Crippen molar-refractivity contribution in [3.63, 3.8) is 0 Å². The molecule has 2 aliphatic rings. The zero-order chi connectivity index (χ0) is 29.5. The van der Waals surface area contributed by atoms with E-state index in [2.05, 4.69) is 103 Å². The van der Waals surface area contributed by atoms with E-state index in [4.69, 9.17) is 21.3 Å². The number of nitrogens with one attached hydrogen (secondary N) is 1. The number of aliphatic imine (C=N–C) groups is 1. The minimum absolute atomic E-state index is 0.737. The molecule has 0 atom stereocenters. The third-order valence-electron chi connectivity index (χ3n) is 7.85. The van der Waals surface area contributed by atoms with Crippen LogP contribution in [0.5, 0.6) is 0 Å². The highest BCUT2D eigenvalue weighted by Crippen LogP contribution is 2.38. The van der Waals surface area contributed by atoms with Crippen LogP contribution in [0.4, 0.5) is 0 Å². The Morgan fingerprint density at radius 3 is 2.52 bits per heavy atom. The van der Waals surface area contributed by atoms with Crippen LogP contribution in [-0.4, -0.2) is 31.4 Å². The van der Waals surface area contributed by atoms with Crippen LogP contribution in [-0.2, 0) is 11.2 Å². The third-order valence-corrected chi connectivity index (χ3v) is 8.26. The van der Waals surface area contributed by atoms with Crippen molar-refractivity contribution in [1.29, 1.82) is 0 Å². The van der Waals surface area contributed by atoms with Crippen LogP contribution >= 0.6 is 11.6 Å². The summed E-state index contributed by atoms with van der Waals surface area (Å²) in [5, 5.41) is 4.01. The van der Waals surface area contributed by atoms with Crippen molar-refractivity contribution in [2.75, 3.05) is 20.7 Å². The Morgan fingerprint density at radius 2 is 1.69 bits per heavy atom. The summed E-state index contributed by atoms with van der Waals surface area (Å²) in [6, 6.07) is 16.9. The highest BCUT2D eigenvalue weighted by Gasteiger charge is 2.16. The predicted octanol–water partition coefficient (Wildman–Crippen LogP) is 8.92. The standard InChI is InChI=1S/C37H38ClN3O/c1-25-10-5-13-29-14-9-23-40-37(29)34(41-25)22-21-27-11-6-15-31(26(27)2)33-17-8-16-32(36(33)38)28-12-7-18-35(42-4)30(20-19-28)24-39-3/h6,8-11,14-23,39H,5,7,12-13,24H2,1-4H3/b22-21+,25-10-,28-19+,30-20-,35-18+,41-34-. The SMILES string of the molecule is CNCC1=C/C=C(/c2cccc(-c3cccc(/C=C/C4=N/C(C)=C\CCc5cccnc54)c3C)c2Cl)CC/C=C\1OC. The number of allylic oxidation sites excluding steroid dienone is 7. The van der Waals surface area contributed by atoms with E-state index in [-0.39, 0.29) is 0 Å². The summed E-state index contributed by atoms with van der Waals surface area (Å²) in [6.45, 7) is 4.95. The van der Waals surface area contributed by atoms with Gasteiger partial charge >= 0.3 is 0 Å². The second-order valence-corrected chi connectivity index (χ2v) is 11.0. The van der Waals surface area contributed by atoms with Crippen molar-refractivity contribution in [3.05, 3.63) is 135 Å². The van der Waals surface area contributed by atoms with Gasteiger partial charge in [-0.25, -0.2) is 0 Å². The summed E-state index contributed by atoms with van der Waals surface area (Å²) in [4.78, 5) is 9.59. The smallest absolute Gasteiger partial charge is 0.119 e. The molecule has 0 saturated heterocycles. The molecule has 2 heterocycles. The topological polar surface area (TPSA) is 46.5 Å². The van der Waals surface area contributed by atoms with Crippen molar-refractivity contribution in [1.82, 2.24) is 10.3 Å². The molecular weight excluding hydrogens is 538 g/mol. The van der Waals surface area contributed by atoms with Gasteiger partial charge in [0.05, 0.1) is 23.5 Å². The molecule has 1 aromatic heterocycles. The number of hydrogen-bond acceptors (Lipinski definition) is 4. The lowest BCUT2D eigenvalue weighted by Crippen LogP contribution is -2.13. The van der Waals surface area contributed by atoms with Gasteiger partial charge in [-0.1, -0.05) is 78.4 Å². The highest BCUT2D eigenvalue weighted by molar-refractivity contribution is 6.35. The molecule has 4 nitrogen and oxygen atoms in total. The molecule has 1 N–H and O–H groups in total. The monoisotopic (exact) mass is 575 g/mol. The van der Waals surface area contributed by atoms with Crippen molar-refractivity contribution >= 4 is 29.0 Å². The van der Waals surface area contributed by atoms with Crippen molar-refractivity contribution in [3.8, 4) is 11.1 Å². The van der Waals surface area contributed by atoms with E-state index in [1.54, 1.807) is 7.11 Å². The second kappa shape index (κ2) is 13.8. The molecule has 214 valence electrons. The number of pyridine rings is 1. The zero-order valence-corrected chi connectivity index (χ0v) is 25.6. The van der Waals surface area contributed by atoms with Crippen LogP contribution in [0, 0.1) is 6.92 Å². The van der Waals surface area contributed by atoms with Crippen LogP contribution in [0.2, 0.25) is 5.02 Å². The maximum atomic E-state index is 7.19. The number of methoxy groups -OCH3 is 1. The molecular formula is C37H38ClN3O. The zero-order valence-electron chi connectivity index (χ0n) is 24.9. The maximum absolute atomic E-state index is 7.19. The van der Waals surface area contributed by atoms with E-state index in [0.717, 1.165) is 87.9 Å². The number of hydrogen-bond donors (Lipinski definition) is 1. The Kier molecular flexibility index (Phi) is 9.68. The molecule has 42 heavy (non-hydrogen) atoms. The Hall–Kier alpha value is -3.99. The van der Waals surface area contributed by atoms with Crippen LogP contribution in [0.15, 0.2) is 107 Å². The van der Waals surface area contributed by atoms with E-state index >= 15 is 0 Å². The van der Waals surface area contributed by atoms with Crippen LogP contribution in [0.1, 0.15) is 54.1 Å². The number of aryl methyl sites for hydroxylation is 1. The molecule has 0 saturated carbocycles. The van der Waals surface area contributed by atoms with Gasteiger partial charge in [-0.3, -0.25) is 9.98 Å². The first-order valence-corrected chi connectivity index (χ1v) is 14.9. The average Bonchev–Trinajstić information content (AvgIpc) is 2.98. The molecule has 0 amide bonds. The van der Waals surface area contributed by atoms with E-state index in [1.165, 1.54) is 16.7 Å². The van der Waals surface area contributed by atoms with Gasteiger partial charge in [0, 0.05) is 29.6 Å². The van der Waals surface area contributed by atoms with Gasteiger partial charge in [0.2, 0.25) is 0 Å². The number of aromatic nitrogens is 1. The third kappa shape index (κ3) is 6.56. The maximum Gasteiger partial charge on any atom is 0.119 e. The first kappa shape index (κ1) is 29.5. The van der Waals surface area contributed by atoms with Gasteiger partial charge in [0.25, 0.3) is 0 Å². The van der Waals surface area contributed by atoms with Gasteiger partial charge in [0.1, 0.15) is 5.76 Å². The largest absolute Gasteiger partial charge is 0.497 e. The molecule has 3 aromatic rings. The molecule has 5 heteroatoms. The lowest BCUT2D eigenvalue weighted by atomic mass is 9.91. The van der Waals surface area contributed by atoms with Gasteiger partial charge in [-0.05, 0) is 98.2 Å². The molecule has 2 aromatic carbocycles. The molecule has 1 aliphatic carbocycles. The number of nitrogens with zero attached hydrogens (tertiary/aromatic N) is 2. The van der Waals surface area contributed by atoms with E-state index in [1.807, 2.05) is 19.3 Å². The van der Waals surface area contributed by atoms with Gasteiger partial charge < -0.3 is 10.1 Å². The van der Waals surface area contributed by atoms with Crippen LogP contribution in [0.3, 0.4) is 0 Å². The highest BCUT2D eigenvalue weighted by atomic mass is 35.5. The van der Waals surface area contributed by atoms with E-state index < -0.39 is 0 Å². The number of rotatable bonds is 7. The van der Waals surface area contributed by atoms with E-state index in [9.17, 15) is 0 Å². The fourth-order valence-electron chi connectivity index (χ4n) is 5.63. The second-order valence-electron chi connectivity index (χ2n) is 10.6. The summed E-state index contributed by atoms with van der Waals surface area (Å²) >= 11 is 7.19. The predicted molar refractivity (Wildman–Crippen MR) is 178 cm³/mol. The normalized spacial score (nSPS) is 21.9. The first-order chi connectivity index (χ1) is 20.5. The summed E-state index contributed by atoms with van der Waals surface area (Å²) < 4.78 is 5.63. The molecule has 0 unspecified atom stereocenters. The van der Waals surface area contributed by atoms with Crippen molar-refractivity contribution < 1.29 is 4.74 Å². The fourth-order valence-corrected chi connectivity index (χ4v) is 5.98. The minimum atomic E-state index is 0.737. The number of ether oxygens (including phenoxy) is 1. The summed E-state index contributed by atoms with van der Waals surface area (Å²) in [5.74, 6) is 0.927. The number of benzene rings is 2.